The van der Waals surface area contributed by atoms with Gasteiger partial charge in [-0.3, -0.25) is 4.79 Å². The van der Waals surface area contributed by atoms with Gasteiger partial charge in [0.1, 0.15) is 0 Å². The van der Waals surface area contributed by atoms with Crippen LogP contribution >= 0.6 is 0 Å². The van der Waals surface area contributed by atoms with Crippen LogP contribution in [0.3, 0.4) is 0 Å². The molecule has 0 saturated carbocycles. The van der Waals surface area contributed by atoms with E-state index in [0.717, 1.165) is 19.0 Å². The van der Waals surface area contributed by atoms with Gasteiger partial charge in [0.2, 0.25) is 0 Å². The van der Waals surface area contributed by atoms with Crippen molar-refractivity contribution in [1.29, 1.82) is 0 Å². The smallest absolute Gasteiger partial charge is 0.319 e. The molecule has 148 valence electrons. The highest BCUT2D eigenvalue weighted by Crippen LogP contribution is 2.25. The number of amides is 3. The molecule has 3 N–H and O–H groups in total. The maximum Gasteiger partial charge on any atom is 0.319 e. The van der Waals surface area contributed by atoms with E-state index in [0.29, 0.717) is 30.0 Å². The summed E-state index contributed by atoms with van der Waals surface area (Å²) < 4.78 is 26.5. The number of carbonyl (C=O) groups excluding carboxylic acids is 2. The minimum Gasteiger partial charge on any atom is -0.371 e. The van der Waals surface area contributed by atoms with Crippen molar-refractivity contribution in [2.75, 3.05) is 36.9 Å². The summed E-state index contributed by atoms with van der Waals surface area (Å²) in [5.74, 6) is -1.70. The van der Waals surface area contributed by atoms with E-state index >= 15 is 0 Å². The molecule has 1 fully saturated rings. The van der Waals surface area contributed by atoms with Gasteiger partial charge in [-0.25, -0.2) is 13.6 Å². The highest BCUT2D eigenvalue weighted by atomic mass is 19.2. The fraction of sp³-hybridized carbons (Fsp3) is 0.300. The van der Waals surface area contributed by atoms with Gasteiger partial charge in [-0.2, -0.15) is 0 Å². The third-order valence-electron chi connectivity index (χ3n) is 4.74. The van der Waals surface area contributed by atoms with Gasteiger partial charge in [-0.05, 0) is 48.7 Å². The van der Waals surface area contributed by atoms with E-state index < -0.39 is 11.6 Å². The summed E-state index contributed by atoms with van der Waals surface area (Å²) in [5, 5.41) is 8.08. The second-order valence-corrected chi connectivity index (χ2v) is 6.69. The van der Waals surface area contributed by atoms with Crippen molar-refractivity contribution in [3.8, 4) is 0 Å². The summed E-state index contributed by atoms with van der Waals surface area (Å²) in [7, 11) is 1.55. The van der Waals surface area contributed by atoms with Crippen LogP contribution in [0, 0.1) is 17.6 Å². The maximum absolute atomic E-state index is 13.4. The fourth-order valence-electron chi connectivity index (χ4n) is 3.18. The first-order valence-corrected chi connectivity index (χ1v) is 9.03. The molecule has 1 aliphatic heterocycles. The third kappa shape index (κ3) is 4.76. The Bertz CT molecular complexity index is 858. The van der Waals surface area contributed by atoms with Gasteiger partial charge in [0.05, 0.1) is 0 Å². The topological polar surface area (TPSA) is 73.5 Å². The zero-order chi connectivity index (χ0) is 20.1. The molecule has 2 aromatic carbocycles. The zero-order valence-electron chi connectivity index (χ0n) is 15.5. The molecule has 1 heterocycles. The lowest BCUT2D eigenvalue weighted by Crippen LogP contribution is -2.34. The standard InChI is InChI=1S/C20H22F2N4O2/c1-23-19(27)14-2-4-15(5-3-14)25-20(28)24-11-13-8-9-26(12-13)16-6-7-17(21)18(22)10-16/h2-7,10,13H,8-9,11-12H2,1H3,(H,23,27)(H2,24,25,28). The minimum absolute atomic E-state index is 0.192. The van der Waals surface area contributed by atoms with Crippen LogP contribution in [-0.2, 0) is 0 Å². The first-order valence-electron chi connectivity index (χ1n) is 9.03. The summed E-state index contributed by atoms with van der Waals surface area (Å²) in [5.41, 5.74) is 1.73. The Kier molecular flexibility index (Phi) is 6.08. The maximum atomic E-state index is 13.4. The van der Waals surface area contributed by atoms with Crippen molar-refractivity contribution in [1.82, 2.24) is 10.6 Å². The predicted molar refractivity (Wildman–Crippen MR) is 104 cm³/mol. The zero-order valence-corrected chi connectivity index (χ0v) is 15.5. The summed E-state index contributed by atoms with van der Waals surface area (Å²) in [6.07, 6.45) is 0.847. The first kappa shape index (κ1) is 19.6. The number of anilines is 2. The van der Waals surface area contributed by atoms with Crippen molar-refractivity contribution in [2.45, 2.75) is 6.42 Å². The molecule has 28 heavy (non-hydrogen) atoms. The lowest BCUT2D eigenvalue weighted by molar-refractivity contribution is 0.0963. The van der Waals surface area contributed by atoms with Crippen molar-refractivity contribution in [3.05, 3.63) is 59.7 Å². The average molecular weight is 388 g/mol. The van der Waals surface area contributed by atoms with Crippen LogP contribution in [0.4, 0.5) is 25.0 Å². The van der Waals surface area contributed by atoms with Crippen molar-refractivity contribution >= 4 is 23.3 Å². The van der Waals surface area contributed by atoms with Gasteiger partial charge in [0, 0.05) is 49.7 Å². The van der Waals surface area contributed by atoms with E-state index in [1.54, 1.807) is 37.4 Å². The molecule has 1 saturated heterocycles. The van der Waals surface area contributed by atoms with Crippen molar-refractivity contribution in [3.63, 3.8) is 0 Å². The van der Waals surface area contributed by atoms with E-state index in [1.807, 2.05) is 4.90 Å². The summed E-state index contributed by atoms with van der Waals surface area (Å²) in [4.78, 5) is 25.6. The van der Waals surface area contributed by atoms with Crippen LogP contribution in [0.25, 0.3) is 0 Å². The number of nitrogens with one attached hydrogen (secondary N) is 3. The lowest BCUT2D eigenvalue weighted by atomic mass is 10.1. The Balaban J connectivity index is 1.46. The van der Waals surface area contributed by atoms with Crippen LogP contribution in [0.2, 0.25) is 0 Å². The van der Waals surface area contributed by atoms with E-state index in [2.05, 4.69) is 16.0 Å². The van der Waals surface area contributed by atoms with Crippen LogP contribution in [-0.4, -0.2) is 38.6 Å². The minimum atomic E-state index is -0.860. The number of benzene rings is 2. The molecule has 3 rings (SSSR count). The highest BCUT2D eigenvalue weighted by molar-refractivity contribution is 5.95. The molecular formula is C20H22F2N4O2. The predicted octanol–water partition coefficient (Wildman–Crippen LogP) is 2.97. The SMILES string of the molecule is CNC(=O)c1ccc(NC(=O)NCC2CCN(c3ccc(F)c(F)c3)C2)cc1. The number of carbonyl (C=O) groups is 2. The molecule has 1 atom stereocenters. The van der Waals surface area contributed by atoms with Crippen LogP contribution in [0.15, 0.2) is 42.5 Å². The molecule has 0 bridgehead atoms. The van der Waals surface area contributed by atoms with Gasteiger partial charge < -0.3 is 20.9 Å². The molecule has 0 radical (unpaired) electrons. The molecule has 0 spiro atoms. The van der Waals surface area contributed by atoms with Gasteiger partial charge in [0.25, 0.3) is 5.91 Å². The van der Waals surface area contributed by atoms with Gasteiger partial charge in [-0.15, -0.1) is 0 Å². The van der Waals surface area contributed by atoms with Gasteiger partial charge in [0.15, 0.2) is 11.6 Å². The second kappa shape index (κ2) is 8.69. The van der Waals surface area contributed by atoms with Crippen molar-refractivity contribution < 1.29 is 18.4 Å². The van der Waals surface area contributed by atoms with E-state index in [1.165, 1.54) is 6.07 Å². The average Bonchev–Trinajstić information content (AvgIpc) is 3.17. The number of halogens is 2. The number of rotatable bonds is 5. The number of nitrogens with zero attached hydrogens (tertiary/aromatic N) is 1. The quantitative estimate of drug-likeness (QED) is 0.737. The van der Waals surface area contributed by atoms with Crippen LogP contribution in [0.1, 0.15) is 16.8 Å². The van der Waals surface area contributed by atoms with Crippen molar-refractivity contribution in [2.24, 2.45) is 5.92 Å². The molecule has 0 aliphatic carbocycles. The van der Waals surface area contributed by atoms with Crippen LogP contribution < -0.4 is 20.9 Å². The van der Waals surface area contributed by atoms with Crippen LogP contribution in [0.5, 0.6) is 0 Å². The fourth-order valence-corrected chi connectivity index (χ4v) is 3.18. The largest absolute Gasteiger partial charge is 0.371 e. The Labute approximate surface area is 161 Å². The number of urea groups is 1. The molecule has 2 aromatic rings. The normalized spacial score (nSPS) is 16.0. The Morgan fingerprint density at radius 2 is 1.86 bits per heavy atom. The molecule has 6 nitrogen and oxygen atoms in total. The van der Waals surface area contributed by atoms with E-state index in [4.69, 9.17) is 0 Å². The second-order valence-electron chi connectivity index (χ2n) is 6.69. The van der Waals surface area contributed by atoms with Gasteiger partial charge in [-0.1, -0.05) is 0 Å². The number of hydrogen-bond acceptors (Lipinski definition) is 3. The third-order valence-corrected chi connectivity index (χ3v) is 4.74. The highest BCUT2D eigenvalue weighted by Gasteiger charge is 2.23. The molecule has 3 amide bonds. The van der Waals surface area contributed by atoms with E-state index in [-0.39, 0.29) is 17.9 Å². The molecule has 1 aliphatic rings. The molecule has 8 heteroatoms. The summed E-state index contributed by atoms with van der Waals surface area (Å²) in [6.45, 7) is 1.86. The van der Waals surface area contributed by atoms with E-state index in [9.17, 15) is 18.4 Å². The molecular weight excluding hydrogens is 366 g/mol. The monoisotopic (exact) mass is 388 g/mol. The Morgan fingerprint density at radius 3 is 2.54 bits per heavy atom. The Hall–Kier alpha value is -3.16. The summed E-state index contributed by atoms with van der Waals surface area (Å²) >= 11 is 0. The lowest BCUT2D eigenvalue weighted by Gasteiger charge is -2.19. The summed E-state index contributed by atoms with van der Waals surface area (Å²) in [6, 6.07) is 10.1. The van der Waals surface area contributed by atoms with Gasteiger partial charge >= 0.3 is 6.03 Å². The first-order chi connectivity index (χ1) is 13.5. The number of hydrogen-bond donors (Lipinski definition) is 3. The molecule has 0 aromatic heterocycles. The Morgan fingerprint density at radius 1 is 1.11 bits per heavy atom. The molecule has 1 unspecified atom stereocenters.